The summed E-state index contributed by atoms with van der Waals surface area (Å²) in [5, 5.41) is 0. The Kier molecular flexibility index (Phi) is 4.56. The Morgan fingerprint density at radius 3 is 2.20 bits per heavy atom. The molecule has 3 heterocycles. The molecule has 0 bridgehead atoms. The molecule has 0 radical (unpaired) electrons. The first-order chi connectivity index (χ1) is 17.4. The molecule has 0 N–H and O–H groups in total. The summed E-state index contributed by atoms with van der Waals surface area (Å²) in [6, 6.07) is 31.8. The molecular weight excluding hydrogens is 428 g/mol. The minimum absolute atomic E-state index is 0.179. The summed E-state index contributed by atoms with van der Waals surface area (Å²) >= 11 is 0. The van der Waals surface area contributed by atoms with Crippen LogP contribution in [0.25, 0.3) is 45.0 Å². The lowest BCUT2D eigenvalue weighted by Gasteiger charge is -2.29. The fourth-order valence-electron chi connectivity index (χ4n) is 5.29. The van der Waals surface area contributed by atoms with E-state index in [1.54, 1.807) is 0 Å². The van der Waals surface area contributed by atoms with Crippen LogP contribution in [0.15, 0.2) is 115 Å². The van der Waals surface area contributed by atoms with Gasteiger partial charge in [-0.05, 0) is 41.3 Å². The first kappa shape index (κ1) is 19.9. The zero-order chi connectivity index (χ0) is 23.2. The van der Waals surface area contributed by atoms with Gasteiger partial charge in [-0.15, -0.1) is 0 Å². The van der Waals surface area contributed by atoms with E-state index >= 15 is 0 Å². The number of hydrogen-bond donors (Lipinski definition) is 0. The van der Waals surface area contributed by atoms with Crippen LogP contribution in [0.2, 0.25) is 0 Å². The molecular formula is C31H22N4. The van der Waals surface area contributed by atoms with Crippen molar-refractivity contribution in [1.29, 1.82) is 0 Å². The third-order valence-corrected chi connectivity index (χ3v) is 6.93. The molecule has 166 valence electrons. The molecule has 1 unspecified atom stereocenters. The number of aliphatic imine (C=N–C) groups is 1. The van der Waals surface area contributed by atoms with Crippen LogP contribution in [-0.4, -0.2) is 20.7 Å². The van der Waals surface area contributed by atoms with Crippen molar-refractivity contribution in [2.75, 3.05) is 0 Å². The Labute approximate surface area is 204 Å². The second kappa shape index (κ2) is 8.03. The molecule has 0 spiro atoms. The molecule has 1 aliphatic carbocycles. The number of rotatable bonds is 3. The van der Waals surface area contributed by atoms with E-state index in [-0.39, 0.29) is 5.92 Å². The molecule has 7 rings (SSSR count). The number of imidazole rings is 1. The molecule has 0 saturated carbocycles. The molecule has 4 heteroatoms. The van der Waals surface area contributed by atoms with E-state index in [1.807, 2.05) is 36.9 Å². The molecule has 35 heavy (non-hydrogen) atoms. The van der Waals surface area contributed by atoms with Gasteiger partial charge < -0.3 is 0 Å². The average Bonchev–Trinajstić information content (AvgIpc) is 3.35. The maximum absolute atomic E-state index is 5.27. The monoisotopic (exact) mass is 450 g/mol. The molecule has 1 aliphatic heterocycles. The predicted octanol–water partition coefficient (Wildman–Crippen LogP) is 7.18. The summed E-state index contributed by atoms with van der Waals surface area (Å²) in [4.78, 5) is 14.2. The number of benzene rings is 3. The van der Waals surface area contributed by atoms with E-state index in [0.717, 1.165) is 40.3 Å². The van der Waals surface area contributed by atoms with Crippen LogP contribution >= 0.6 is 0 Å². The molecule has 3 aromatic carbocycles. The summed E-state index contributed by atoms with van der Waals surface area (Å²) in [7, 11) is 0. The smallest absolute Gasteiger partial charge is 0.145 e. The number of nitrogens with zero attached hydrogens (tertiary/aromatic N) is 4. The summed E-state index contributed by atoms with van der Waals surface area (Å²) in [5.41, 5.74) is 10.3. The summed E-state index contributed by atoms with van der Waals surface area (Å²) < 4.78 is 2.35. The number of fused-ring (bicyclic) bond motifs is 6. The maximum Gasteiger partial charge on any atom is 0.145 e. The Morgan fingerprint density at radius 1 is 0.714 bits per heavy atom. The van der Waals surface area contributed by atoms with Crippen LogP contribution in [-0.2, 0) is 0 Å². The molecule has 1 atom stereocenters. The van der Waals surface area contributed by atoms with Crippen LogP contribution in [0.3, 0.4) is 0 Å². The van der Waals surface area contributed by atoms with Gasteiger partial charge in [0.05, 0.1) is 11.4 Å². The molecule has 2 aliphatic rings. The highest BCUT2D eigenvalue weighted by molar-refractivity contribution is 5.92. The van der Waals surface area contributed by atoms with Crippen LogP contribution in [0.1, 0.15) is 23.6 Å². The van der Waals surface area contributed by atoms with Gasteiger partial charge in [0.2, 0.25) is 0 Å². The molecule has 4 nitrogen and oxygen atoms in total. The highest BCUT2D eigenvalue weighted by atomic mass is 15.1. The van der Waals surface area contributed by atoms with Crippen molar-refractivity contribution < 1.29 is 0 Å². The van der Waals surface area contributed by atoms with Gasteiger partial charge in [0.1, 0.15) is 5.82 Å². The highest BCUT2D eigenvalue weighted by Crippen LogP contribution is 2.50. The number of allylic oxidation sites excluding steroid dienone is 1. The van der Waals surface area contributed by atoms with Gasteiger partial charge >= 0.3 is 0 Å². The van der Waals surface area contributed by atoms with Gasteiger partial charge in [0, 0.05) is 53.1 Å². The van der Waals surface area contributed by atoms with Crippen molar-refractivity contribution in [2.45, 2.75) is 12.3 Å². The highest BCUT2D eigenvalue weighted by Gasteiger charge is 2.36. The topological polar surface area (TPSA) is 43.1 Å². The third kappa shape index (κ3) is 3.18. The minimum Gasteiger partial charge on any atom is -0.295 e. The van der Waals surface area contributed by atoms with Gasteiger partial charge in [-0.25, -0.2) is 4.98 Å². The van der Waals surface area contributed by atoms with Gasteiger partial charge in [0.25, 0.3) is 0 Å². The zero-order valence-corrected chi connectivity index (χ0v) is 19.0. The molecule has 2 aromatic heterocycles. The van der Waals surface area contributed by atoms with E-state index in [2.05, 4.69) is 93.4 Å². The first-order valence-corrected chi connectivity index (χ1v) is 11.9. The minimum atomic E-state index is 0.179. The number of pyridine rings is 1. The molecule has 0 amide bonds. The Hall–Kier alpha value is -4.57. The van der Waals surface area contributed by atoms with E-state index in [0.29, 0.717) is 0 Å². The second-order valence-corrected chi connectivity index (χ2v) is 8.91. The maximum atomic E-state index is 5.27. The van der Waals surface area contributed by atoms with E-state index in [9.17, 15) is 0 Å². The van der Waals surface area contributed by atoms with Crippen molar-refractivity contribution in [1.82, 2.24) is 14.5 Å². The first-order valence-electron chi connectivity index (χ1n) is 11.9. The standard InChI is InChI=1S/C31H22N4/c1-3-7-21(8-4-1)22-11-13-24(14-12-22)35-30-26-16-18-33-20-28(26)27-19-32-17-15-25(27)29(30)34-31(35)23-9-5-2-6-10-23/h1-15,17-20,26H,16H2. The summed E-state index contributed by atoms with van der Waals surface area (Å²) in [6.45, 7) is 0. The Bertz CT molecular complexity index is 1590. The number of aromatic nitrogens is 3. The van der Waals surface area contributed by atoms with Gasteiger partial charge in [0.15, 0.2) is 0 Å². The zero-order valence-electron chi connectivity index (χ0n) is 19.0. The lowest BCUT2D eigenvalue weighted by Crippen LogP contribution is -2.16. The fourth-order valence-corrected chi connectivity index (χ4v) is 5.29. The van der Waals surface area contributed by atoms with Crippen LogP contribution in [0.5, 0.6) is 0 Å². The van der Waals surface area contributed by atoms with Crippen molar-refractivity contribution in [3.8, 4) is 39.5 Å². The van der Waals surface area contributed by atoms with Crippen LogP contribution < -0.4 is 0 Å². The largest absolute Gasteiger partial charge is 0.295 e. The Morgan fingerprint density at radius 2 is 1.43 bits per heavy atom. The number of hydrogen-bond acceptors (Lipinski definition) is 3. The predicted molar refractivity (Wildman–Crippen MR) is 141 cm³/mol. The van der Waals surface area contributed by atoms with E-state index in [4.69, 9.17) is 4.98 Å². The summed E-state index contributed by atoms with van der Waals surface area (Å²) in [5.74, 6) is 1.13. The lowest BCUT2D eigenvalue weighted by atomic mass is 9.79. The van der Waals surface area contributed by atoms with Crippen LogP contribution in [0, 0.1) is 0 Å². The van der Waals surface area contributed by atoms with Gasteiger partial charge in [-0.3, -0.25) is 14.5 Å². The molecule has 0 saturated heterocycles. The normalized spacial score (nSPS) is 15.7. The van der Waals surface area contributed by atoms with Crippen molar-refractivity contribution in [3.63, 3.8) is 0 Å². The average molecular weight is 451 g/mol. The van der Waals surface area contributed by atoms with Crippen molar-refractivity contribution in [3.05, 3.63) is 121 Å². The van der Waals surface area contributed by atoms with E-state index < -0.39 is 0 Å². The van der Waals surface area contributed by atoms with Crippen LogP contribution in [0.4, 0.5) is 0 Å². The summed E-state index contributed by atoms with van der Waals surface area (Å²) in [6.07, 6.45) is 8.65. The lowest BCUT2D eigenvalue weighted by molar-refractivity contribution is 0.820. The van der Waals surface area contributed by atoms with Gasteiger partial charge in [-0.1, -0.05) is 72.8 Å². The molecule has 5 aromatic rings. The van der Waals surface area contributed by atoms with Crippen molar-refractivity contribution in [2.24, 2.45) is 4.99 Å². The van der Waals surface area contributed by atoms with Gasteiger partial charge in [-0.2, -0.15) is 0 Å². The third-order valence-electron chi connectivity index (χ3n) is 6.93. The quantitative estimate of drug-likeness (QED) is 0.292. The Balaban J connectivity index is 1.49. The van der Waals surface area contributed by atoms with Crippen molar-refractivity contribution >= 4 is 11.8 Å². The van der Waals surface area contributed by atoms with E-state index in [1.165, 1.54) is 22.4 Å². The second-order valence-electron chi connectivity index (χ2n) is 8.91. The fraction of sp³-hybridized carbons (Fsp3) is 0.0645. The SMILES string of the molecule is C1=NC=C2c3cnccc3-c3nc(-c4ccccc4)n(-c4ccc(-c5ccccc5)cc4)c3C2C1. The molecule has 0 fully saturated rings.